The topological polar surface area (TPSA) is 43.4 Å². The number of fused-ring (bicyclic) bond motifs is 6. The highest BCUT2D eigenvalue weighted by molar-refractivity contribution is 6.05. The van der Waals surface area contributed by atoms with Crippen LogP contribution in [0.2, 0.25) is 0 Å². The van der Waals surface area contributed by atoms with E-state index in [-0.39, 0.29) is 6.79 Å². The first-order chi connectivity index (χ1) is 15.7. The zero-order valence-corrected chi connectivity index (χ0v) is 19.2. The fourth-order valence-electron chi connectivity index (χ4n) is 4.84. The zero-order chi connectivity index (χ0) is 22.2. The van der Waals surface area contributed by atoms with Crippen molar-refractivity contribution >= 4 is 16.5 Å². The van der Waals surface area contributed by atoms with Gasteiger partial charge in [0, 0.05) is 30.6 Å². The molecule has 3 aromatic carbocycles. The Labute approximate surface area is 189 Å². The first kappa shape index (κ1) is 20.8. The van der Waals surface area contributed by atoms with Crippen molar-refractivity contribution in [1.82, 2.24) is 4.90 Å². The molecule has 168 valence electrons. The Balaban J connectivity index is 1.68. The molecule has 6 nitrogen and oxygen atoms in total. The lowest BCUT2D eigenvalue weighted by Crippen LogP contribution is -2.36. The minimum absolute atomic E-state index is 0.277. The molecule has 0 atom stereocenters. The number of benzene rings is 3. The Morgan fingerprint density at radius 1 is 0.906 bits per heavy atom. The van der Waals surface area contributed by atoms with Crippen molar-refractivity contribution in [2.45, 2.75) is 20.4 Å². The first-order valence-corrected chi connectivity index (χ1v) is 11.3. The Kier molecular flexibility index (Phi) is 5.47. The molecule has 0 aliphatic carbocycles. The Morgan fingerprint density at radius 3 is 2.34 bits per heavy atom. The van der Waals surface area contributed by atoms with E-state index >= 15 is 0 Å². The van der Waals surface area contributed by atoms with Gasteiger partial charge in [0.05, 0.1) is 19.9 Å². The lowest BCUT2D eigenvalue weighted by atomic mass is 9.89. The highest BCUT2D eigenvalue weighted by Gasteiger charge is 2.27. The molecule has 2 aliphatic heterocycles. The van der Waals surface area contributed by atoms with Crippen molar-refractivity contribution in [3.63, 3.8) is 0 Å². The quantitative estimate of drug-likeness (QED) is 0.526. The van der Waals surface area contributed by atoms with Gasteiger partial charge in [-0.2, -0.15) is 0 Å². The largest absolute Gasteiger partial charge is 0.493 e. The van der Waals surface area contributed by atoms with Gasteiger partial charge in [0.2, 0.25) is 6.79 Å². The molecule has 0 saturated heterocycles. The van der Waals surface area contributed by atoms with Crippen LogP contribution in [0.1, 0.15) is 19.4 Å². The maximum Gasteiger partial charge on any atom is 0.231 e. The second-order valence-corrected chi connectivity index (χ2v) is 8.20. The Morgan fingerprint density at radius 2 is 1.62 bits per heavy atom. The summed E-state index contributed by atoms with van der Waals surface area (Å²) in [5.41, 5.74) is 4.89. The average Bonchev–Trinajstić information content (AvgIpc) is 3.29. The van der Waals surface area contributed by atoms with E-state index in [4.69, 9.17) is 18.9 Å². The number of hydrogen-bond donors (Lipinski definition) is 0. The van der Waals surface area contributed by atoms with Crippen LogP contribution in [0.5, 0.6) is 23.0 Å². The number of methoxy groups -OCH3 is 2. The molecule has 0 spiro atoms. The van der Waals surface area contributed by atoms with Gasteiger partial charge in [-0.3, -0.25) is 0 Å². The number of nitrogens with zero attached hydrogens (tertiary/aromatic N) is 2. The molecule has 0 fully saturated rings. The van der Waals surface area contributed by atoms with Crippen LogP contribution in [0.4, 0.5) is 5.69 Å². The number of anilines is 1. The first-order valence-electron chi connectivity index (χ1n) is 11.3. The van der Waals surface area contributed by atoms with Crippen molar-refractivity contribution < 1.29 is 18.9 Å². The fraction of sp³-hybridized carbons (Fsp3) is 0.385. The van der Waals surface area contributed by atoms with Crippen LogP contribution in [0.25, 0.3) is 21.9 Å². The van der Waals surface area contributed by atoms with Crippen LogP contribution in [0.3, 0.4) is 0 Å². The predicted molar refractivity (Wildman–Crippen MR) is 127 cm³/mol. The van der Waals surface area contributed by atoms with Crippen LogP contribution >= 0.6 is 0 Å². The molecule has 0 amide bonds. The molecule has 0 radical (unpaired) electrons. The molecule has 5 rings (SSSR count). The van der Waals surface area contributed by atoms with Crippen LogP contribution in [0, 0.1) is 0 Å². The third kappa shape index (κ3) is 3.39. The molecule has 0 unspecified atom stereocenters. The van der Waals surface area contributed by atoms with Gasteiger partial charge < -0.3 is 28.7 Å². The van der Waals surface area contributed by atoms with Gasteiger partial charge in [0.15, 0.2) is 23.0 Å². The smallest absolute Gasteiger partial charge is 0.231 e. The highest BCUT2D eigenvalue weighted by atomic mass is 16.7. The monoisotopic (exact) mass is 434 g/mol. The van der Waals surface area contributed by atoms with Gasteiger partial charge in [0.25, 0.3) is 0 Å². The summed E-state index contributed by atoms with van der Waals surface area (Å²) >= 11 is 0. The second-order valence-electron chi connectivity index (χ2n) is 8.20. The molecule has 2 aliphatic rings. The van der Waals surface area contributed by atoms with Crippen molar-refractivity contribution in [3.05, 3.63) is 42.0 Å². The maximum absolute atomic E-state index is 5.72. The van der Waals surface area contributed by atoms with E-state index in [1.165, 1.54) is 27.8 Å². The van der Waals surface area contributed by atoms with E-state index in [1.54, 1.807) is 14.2 Å². The summed E-state index contributed by atoms with van der Waals surface area (Å²) in [6.45, 7) is 9.58. The van der Waals surface area contributed by atoms with E-state index < -0.39 is 0 Å². The molecule has 0 bridgehead atoms. The lowest BCUT2D eigenvalue weighted by Gasteiger charge is -2.36. The maximum atomic E-state index is 5.72. The average molecular weight is 435 g/mol. The van der Waals surface area contributed by atoms with E-state index in [0.717, 1.165) is 61.1 Å². The van der Waals surface area contributed by atoms with Gasteiger partial charge in [0.1, 0.15) is 0 Å². The van der Waals surface area contributed by atoms with Crippen LogP contribution in [0.15, 0.2) is 36.4 Å². The Hall–Kier alpha value is -3.12. The van der Waals surface area contributed by atoms with Crippen LogP contribution in [-0.4, -0.2) is 52.1 Å². The van der Waals surface area contributed by atoms with E-state index in [9.17, 15) is 0 Å². The molecule has 0 saturated carbocycles. The molecule has 3 aromatic rings. The summed E-state index contributed by atoms with van der Waals surface area (Å²) < 4.78 is 22.6. The summed E-state index contributed by atoms with van der Waals surface area (Å²) in [6.07, 6.45) is 0. The second kappa shape index (κ2) is 8.43. The molecule has 2 heterocycles. The fourth-order valence-corrected chi connectivity index (χ4v) is 4.84. The van der Waals surface area contributed by atoms with E-state index in [0.29, 0.717) is 0 Å². The Bertz CT molecular complexity index is 1160. The van der Waals surface area contributed by atoms with E-state index in [2.05, 4.69) is 60.0 Å². The van der Waals surface area contributed by atoms with E-state index in [1.807, 2.05) is 0 Å². The minimum atomic E-state index is 0.277. The molecule has 0 N–H and O–H groups in total. The highest BCUT2D eigenvalue weighted by Crippen LogP contribution is 2.48. The lowest BCUT2D eigenvalue weighted by molar-refractivity contribution is 0.174. The number of likely N-dealkylation sites (N-methyl/N-ethyl adjacent to an activating group) is 1. The molecule has 0 aromatic heterocycles. The predicted octanol–water partition coefficient (Wildman–Crippen LogP) is 4.91. The van der Waals surface area contributed by atoms with Crippen LogP contribution in [-0.2, 0) is 6.54 Å². The minimum Gasteiger partial charge on any atom is -0.493 e. The van der Waals surface area contributed by atoms with Gasteiger partial charge in [-0.1, -0.05) is 26.0 Å². The normalized spacial score (nSPS) is 14.0. The van der Waals surface area contributed by atoms with Crippen molar-refractivity contribution in [1.29, 1.82) is 0 Å². The van der Waals surface area contributed by atoms with Crippen molar-refractivity contribution in [2.75, 3.05) is 52.1 Å². The number of rotatable bonds is 7. The van der Waals surface area contributed by atoms with Gasteiger partial charge >= 0.3 is 0 Å². The number of hydrogen-bond acceptors (Lipinski definition) is 6. The summed E-state index contributed by atoms with van der Waals surface area (Å²) in [5.74, 6) is 3.14. The van der Waals surface area contributed by atoms with Crippen molar-refractivity contribution in [3.8, 4) is 34.1 Å². The number of ether oxygens (including phenoxy) is 4. The summed E-state index contributed by atoms with van der Waals surface area (Å²) in [5, 5.41) is 2.34. The standard InChI is InChI=1S/C26H30N2O4/c1-5-27(6-2)9-10-28-15-18-12-22(29-3)23(30-4)13-20(18)19-8-7-17-11-24-25(32-16-31-24)14-21(17)26(19)28/h7-8,11-14H,5-6,9-10,15-16H2,1-4H3. The SMILES string of the molecule is CCN(CC)CCN1Cc2cc(OC)c(OC)cc2-c2ccc3cc4c(cc3c21)OCO4. The van der Waals surface area contributed by atoms with Crippen LogP contribution < -0.4 is 23.8 Å². The molecular weight excluding hydrogens is 404 g/mol. The molecule has 6 heteroatoms. The third-order valence-corrected chi connectivity index (χ3v) is 6.64. The summed E-state index contributed by atoms with van der Waals surface area (Å²) in [7, 11) is 3.38. The van der Waals surface area contributed by atoms with Gasteiger partial charge in [-0.05, 0) is 53.9 Å². The molecular formula is C26H30N2O4. The van der Waals surface area contributed by atoms with Gasteiger partial charge in [-0.15, -0.1) is 0 Å². The zero-order valence-electron chi connectivity index (χ0n) is 19.2. The summed E-state index contributed by atoms with van der Waals surface area (Å²) in [6, 6.07) is 12.8. The third-order valence-electron chi connectivity index (χ3n) is 6.64. The summed E-state index contributed by atoms with van der Waals surface area (Å²) in [4.78, 5) is 4.95. The van der Waals surface area contributed by atoms with Gasteiger partial charge in [-0.25, -0.2) is 0 Å². The molecule has 32 heavy (non-hydrogen) atoms. The van der Waals surface area contributed by atoms with Crippen molar-refractivity contribution in [2.24, 2.45) is 0 Å².